The number of rotatable bonds is 7. The number of amides is 2. The van der Waals surface area contributed by atoms with Crippen molar-refractivity contribution in [2.75, 3.05) is 5.32 Å². The van der Waals surface area contributed by atoms with Gasteiger partial charge in [0, 0.05) is 11.3 Å². The summed E-state index contributed by atoms with van der Waals surface area (Å²) in [6.07, 6.45) is 0.521. The molecule has 0 aliphatic rings. The zero-order chi connectivity index (χ0) is 23.4. The van der Waals surface area contributed by atoms with Gasteiger partial charge in [0.15, 0.2) is 5.16 Å². The number of nitrogens with zero attached hydrogens (tertiary/aromatic N) is 2. The second-order valence-electron chi connectivity index (χ2n) is 7.33. The van der Waals surface area contributed by atoms with Gasteiger partial charge in [0.25, 0.3) is 5.56 Å². The lowest BCUT2D eigenvalue weighted by atomic mass is 10.2. The highest BCUT2D eigenvalue weighted by Gasteiger charge is 2.23. The molecule has 0 aliphatic heterocycles. The maximum Gasteiger partial charge on any atom is 0.266 e. The van der Waals surface area contributed by atoms with Crippen molar-refractivity contribution in [3.05, 3.63) is 94.8 Å². The van der Waals surface area contributed by atoms with Crippen molar-refractivity contribution in [3.63, 3.8) is 0 Å². The Labute approximate surface area is 194 Å². The number of aromatic nitrogens is 2. The minimum atomic E-state index is -0.531. The molecule has 2 amide bonds. The lowest BCUT2D eigenvalue weighted by Gasteiger charge is -2.18. The molecule has 1 atom stereocenters. The monoisotopic (exact) mass is 458 g/mol. The average Bonchev–Trinajstić information content (AvgIpc) is 2.83. The molecule has 0 saturated heterocycles. The number of benzene rings is 3. The van der Waals surface area contributed by atoms with Crippen molar-refractivity contribution in [1.29, 1.82) is 0 Å². The predicted octanol–water partition coefficient (Wildman–Crippen LogP) is 3.99. The number of nitrogens with one attached hydrogen (secondary N) is 1. The first-order valence-corrected chi connectivity index (χ1v) is 11.3. The zero-order valence-electron chi connectivity index (χ0n) is 17.9. The Hall–Kier alpha value is -3.91. The molecule has 1 aromatic heterocycles. The van der Waals surface area contributed by atoms with Crippen LogP contribution in [0.5, 0.6) is 0 Å². The number of thioether (sulfide) groups is 1. The standard InChI is InChI=1S/C25H22N4O3S/c1-2-21(23(31)27-17-14-12-16(13-15-17)22(26)30)33-25-28-20-11-7-6-10-19(20)24(32)29(25)18-8-4-3-5-9-18/h3-15,21H,2H2,1H3,(H2,26,30)(H,27,31). The molecule has 0 saturated carbocycles. The van der Waals surface area contributed by atoms with Gasteiger partial charge in [0.2, 0.25) is 11.8 Å². The molecule has 0 spiro atoms. The van der Waals surface area contributed by atoms with Gasteiger partial charge < -0.3 is 11.1 Å². The van der Waals surface area contributed by atoms with E-state index in [9.17, 15) is 14.4 Å². The number of hydrogen-bond donors (Lipinski definition) is 2. The number of para-hydroxylation sites is 2. The molecule has 166 valence electrons. The molecule has 0 bridgehead atoms. The molecule has 8 heteroatoms. The van der Waals surface area contributed by atoms with E-state index in [-0.39, 0.29) is 11.5 Å². The van der Waals surface area contributed by atoms with Crippen LogP contribution in [0.4, 0.5) is 5.69 Å². The maximum absolute atomic E-state index is 13.3. The van der Waals surface area contributed by atoms with Gasteiger partial charge >= 0.3 is 0 Å². The van der Waals surface area contributed by atoms with E-state index >= 15 is 0 Å². The summed E-state index contributed by atoms with van der Waals surface area (Å²) in [5.74, 6) is -0.757. The van der Waals surface area contributed by atoms with E-state index in [1.165, 1.54) is 11.8 Å². The van der Waals surface area contributed by atoms with E-state index in [0.29, 0.717) is 39.4 Å². The molecule has 1 heterocycles. The van der Waals surface area contributed by atoms with Crippen LogP contribution in [0.2, 0.25) is 0 Å². The number of hydrogen-bond acceptors (Lipinski definition) is 5. The Morgan fingerprint density at radius 3 is 2.33 bits per heavy atom. The van der Waals surface area contributed by atoms with Crippen molar-refractivity contribution in [2.45, 2.75) is 23.8 Å². The van der Waals surface area contributed by atoms with Gasteiger partial charge in [-0.1, -0.05) is 49.0 Å². The predicted molar refractivity (Wildman–Crippen MR) is 131 cm³/mol. The van der Waals surface area contributed by atoms with E-state index in [2.05, 4.69) is 5.32 Å². The van der Waals surface area contributed by atoms with E-state index in [1.807, 2.05) is 43.3 Å². The van der Waals surface area contributed by atoms with E-state index in [1.54, 1.807) is 47.0 Å². The van der Waals surface area contributed by atoms with Crippen LogP contribution in [-0.4, -0.2) is 26.6 Å². The number of nitrogens with two attached hydrogens (primary N) is 1. The van der Waals surface area contributed by atoms with Gasteiger partial charge in [-0.25, -0.2) is 4.98 Å². The van der Waals surface area contributed by atoms with Crippen LogP contribution in [0.25, 0.3) is 16.6 Å². The molecule has 3 N–H and O–H groups in total. The Balaban J connectivity index is 1.68. The highest BCUT2D eigenvalue weighted by atomic mass is 32.2. The van der Waals surface area contributed by atoms with Crippen LogP contribution in [0, 0.1) is 0 Å². The van der Waals surface area contributed by atoms with Crippen LogP contribution in [0.3, 0.4) is 0 Å². The summed E-state index contributed by atoms with van der Waals surface area (Å²) in [5.41, 5.74) is 7.26. The number of primary amides is 1. The molecule has 0 fully saturated rings. The molecule has 0 aliphatic carbocycles. The summed E-state index contributed by atoms with van der Waals surface area (Å²) in [6.45, 7) is 1.90. The SMILES string of the molecule is CCC(Sc1nc2ccccc2c(=O)n1-c1ccccc1)C(=O)Nc1ccc(C(N)=O)cc1. The second-order valence-corrected chi connectivity index (χ2v) is 8.50. The number of anilines is 1. The Morgan fingerprint density at radius 2 is 1.67 bits per heavy atom. The van der Waals surface area contributed by atoms with Crippen molar-refractivity contribution in [3.8, 4) is 5.69 Å². The van der Waals surface area contributed by atoms with E-state index in [0.717, 1.165) is 0 Å². The van der Waals surface area contributed by atoms with Crippen LogP contribution in [-0.2, 0) is 4.79 Å². The topological polar surface area (TPSA) is 107 Å². The molecule has 3 aromatic carbocycles. The Kier molecular flexibility index (Phi) is 6.55. The fraction of sp³-hybridized carbons (Fsp3) is 0.120. The van der Waals surface area contributed by atoms with Crippen LogP contribution in [0.15, 0.2) is 88.8 Å². The molecule has 33 heavy (non-hydrogen) atoms. The lowest BCUT2D eigenvalue weighted by Crippen LogP contribution is -2.27. The van der Waals surface area contributed by atoms with Crippen molar-refractivity contribution in [1.82, 2.24) is 9.55 Å². The molecule has 4 aromatic rings. The van der Waals surface area contributed by atoms with Crippen molar-refractivity contribution in [2.24, 2.45) is 5.73 Å². The summed E-state index contributed by atoms with van der Waals surface area (Å²) in [5, 5.41) is 3.32. The third-order valence-electron chi connectivity index (χ3n) is 5.11. The molecular formula is C25H22N4O3S. The first kappa shape index (κ1) is 22.3. The van der Waals surface area contributed by atoms with E-state index < -0.39 is 11.2 Å². The Bertz CT molecular complexity index is 1370. The first-order valence-electron chi connectivity index (χ1n) is 10.4. The zero-order valence-corrected chi connectivity index (χ0v) is 18.7. The van der Waals surface area contributed by atoms with Gasteiger partial charge in [-0.2, -0.15) is 0 Å². The normalized spacial score (nSPS) is 11.8. The molecule has 0 radical (unpaired) electrons. The largest absolute Gasteiger partial charge is 0.366 e. The van der Waals surface area contributed by atoms with Gasteiger partial charge in [-0.05, 0) is 55.0 Å². The molecule has 1 unspecified atom stereocenters. The summed E-state index contributed by atoms with van der Waals surface area (Å²) >= 11 is 1.24. The van der Waals surface area contributed by atoms with Gasteiger partial charge in [0.05, 0.1) is 21.8 Å². The minimum absolute atomic E-state index is 0.188. The quantitative estimate of drug-likeness (QED) is 0.322. The van der Waals surface area contributed by atoms with Gasteiger partial charge in [0.1, 0.15) is 0 Å². The fourth-order valence-corrected chi connectivity index (χ4v) is 4.42. The summed E-state index contributed by atoms with van der Waals surface area (Å²) in [4.78, 5) is 42.3. The van der Waals surface area contributed by atoms with Crippen LogP contribution >= 0.6 is 11.8 Å². The maximum atomic E-state index is 13.3. The molecule has 7 nitrogen and oxygen atoms in total. The number of fused-ring (bicyclic) bond motifs is 1. The van der Waals surface area contributed by atoms with Crippen LogP contribution in [0.1, 0.15) is 23.7 Å². The summed E-state index contributed by atoms with van der Waals surface area (Å²) < 4.78 is 1.55. The average molecular weight is 459 g/mol. The van der Waals surface area contributed by atoms with Gasteiger partial charge in [-0.15, -0.1) is 0 Å². The fourth-order valence-electron chi connectivity index (χ4n) is 3.39. The minimum Gasteiger partial charge on any atom is -0.366 e. The highest BCUT2D eigenvalue weighted by Crippen LogP contribution is 2.27. The van der Waals surface area contributed by atoms with Crippen molar-refractivity contribution < 1.29 is 9.59 Å². The van der Waals surface area contributed by atoms with E-state index in [4.69, 9.17) is 10.7 Å². The second kappa shape index (κ2) is 9.70. The number of carbonyl (C=O) groups excluding carboxylic acids is 2. The highest BCUT2D eigenvalue weighted by molar-refractivity contribution is 8.00. The lowest BCUT2D eigenvalue weighted by molar-refractivity contribution is -0.115. The van der Waals surface area contributed by atoms with Crippen molar-refractivity contribution >= 4 is 40.2 Å². The van der Waals surface area contributed by atoms with Gasteiger partial charge in [-0.3, -0.25) is 19.0 Å². The first-order chi connectivity index (χ1) is 16.0. The smallest absolute Gasteiger partial charge is 0.266 e. The summed E-state index contributed by atoms with van der Waals surface area (Å²) in [7, 11) is 0. The third-order valence-corrected chi connectivity index (χ3v) is 6.42. The summed E-state index contributed by atoms with van der Waals surface area (Å²) in [6, 6.07) is 22.8. The Morgan fingerprint density at radius 1 is 1.00 bits per heavy atom. The molecular weight excluding hydrogens is 436 g/mol. The molecule has 4 rings (SSSR count). The third kappa shape index (κ3) is 4.80. The van der Waals surface area contributed by atoms with Crippen LogP contribution < -0.4 is 16.6 Å². The number of carbonyl (C=O) groups is 2.